The molecular weight excluding hydrogens is 238 g/mol. The first-order chi connectivity index (χ1) is 7.86. The average molecular weight is 263 g/mol. The summed E-state index contributed by atoms with van der Waals surface area (Å²) in [5.74, 6) is 0.459. The van der Waals surface area contributed by atoms with Crippen molar-refractivity contribution in [1.82, 2.24) is 5.32 Å². The van der Waals surface area contributed by atoms with E-state index in [0.29, 0.717) is 0 Å². The van der Waals surface area contributed by atoms with Crippen LogP contribution >= 0.6 is 11.8 Å². The minimum atomic E-state index is -0.186. The first kappa shape index (κ1) is 16.7. The van der Waals surface area contributed by atoms with Gasteiger partial charge in [0.05, 0.1) is 18.6 Å². The Morgan fingerprint density at radius 3 is 2.41 bits per heavy atom. The van der Waals surface area contributed by atoms with Gasteiger partial charge in [0.1, 0.15) is 6.61 Å². The van der Waals surface area contributed by atoms with Crippen LogP contribution in [-0.4, -0.2) is 49.4 Å². The Balaban J connectivity index is 4.34. The summed E-state index contributed by atoms with van der Waals surface area (Å²) in [6.45, 7) is 6.30. The maximum atomic E-state index is 12.0. The van der Waals surface area contributed by atoms with E-state index in [2.05, 4.69) is 5.32 Å². The Hall–Kier alpha value is -0.260. The van der Waals surface area contributed by atoms with Gasteiger partial charge in [0, 0.05) is 5.75 Å². The molecule has 0 bridgehead atoms. The van der Waals surface area contributed by atoms with Gasteiger partial charge in [0.2, 0.25) is 0 Å². The van der Waals surface area contributed by atoms with Crippen molar-refractivity contribution in [1.29, 1.82) is 0 Å². The zero-order chi connectivity index (χ0) is 13.5. The molecule has 0 heterocycles. The van der Waals surface area contributed by atoms with Crippen LogP contribution in [0, 0.1) is 11.3 Å². The van der Waals surface area contributed by atoms with Gasteiger partial charge < -0.3 is 15.2 Å². The van der Waals surface area contributed by atoms with Crippen LogP contribution in [0.1, 0.15) is 20.8 Å². The number of hydrogen-bond acceptors (Lipinski definition) is 5. The van der Waals surface area contributed by atoms with Crippen molar-refractivity contribution >= 4 is 17.7 Å². The second-order valence-electron chi connectivity index (χ2n) is 5.17. The first-order valence-electron chi connectivity index (χ1n) is 5.80. The standard InChI is InChI=1S/C12H25NO3S/c1-12(2,3)10(8-17-5)11(15)16-7-9(6-14)13-4/h9-10,13-14H,6-8H2,1-5H3. The lowest BCUT2D eigenvalue weighted by atomic mass is 9.82. The number of carbonyl (C=O) groups is 1. The van der Waals surface area contributed by atoms with Gasteiger partial charge in [-0.1, -0.05) is 20.8 Å². The molecule has 0 aliphatic carbocycles. The summed E-state index contributed by atoms with van der Waals surface area (Å²) in [5, 5.41) is 11.9. The zero-order valence-corrected chi connectivity index (χ0v) is 12.3. The van der Waals surface area contributed by atoms with Gasteiger partial charge in [-0.2, -0.15) is 11.8 Å². The molecular formula is C12H25NO3S. The maximum Gasteiger partial charge on any atom is 0.310 e. The average Bonchev–Trinajstić information content (AvgIpc) is 2.25. The molecule has 0 radical (unpaired) electrons. The summed E-state index contributed by atoms with van der Waals surface area (Å²) >= 11 is 1.64. The molecule has 102 valence electrons. The lowest BCUT2D eigenvalue weighted by molar-refractivity contribution is -0.152. The molecule has 2 unspecified atom stereocenters. The highest BCUT2D eigenvalue weighted by Gasteiger charge is 2.32. The Kier molecular flexibility index (Phi) is 7.83. The van der Waals surface area contributed by atoms with Crippen LogP contribution in [0.25, 0.3) is 0 Å². The lowest BCUT2D eigenvalue weighted by Crippen LogP contribution is -2.38. The smallest absolute Gasteiger partial charge is 0.310 e. The third kappa shape index (κ3) is 6.29. The Labute approximate surface area is 108 Å². The van der Waals surface area contributed by atoms with Gasteiger partial charge >= 0.3 is 5.97 Å². The van der Waals surface area contributed by atoms with Gasteiger partial charge in [-0.3, -0.25) is 4.79 Å². The fourth-order valence-electron chi connectivity index (χ4n) is 1.35. The van der Waals surface area contributed by atoms with E-state index in [1.54, 1.807) is 18.8 Å². The van der Waals surface area contributed by atoms with E-state index in [9.17, 15) is 4.79 Å². The fourth-order valence-corrected chi connectivity index (χ4v) is 2.32. The van der Waals surface area contributed by atoms with Crippen molar-refractivity contribution < 1.29 is 14.6 Å². The molecule has 2 N–H and O–H groups in total. The highest BCUT2D eigenvalue weighted by molar-refractivity contribution is 7.98. The summed E-state index contributed by atoms with van der Waals surface area (Å²) in [7, 11) is 1.73. The fraction of sp³-hybridized carbons (Fsp3) is 0.917. The number of ether oxygens (including phenoxy) is 1. The predicted octanol–water partition coefficient (Wildman–Crippen LogP) is 1.14. The molecule has 0 aromatic heterocycles. The van der Waals surface area contributed by atoms with E-state index in [-0.39, 0.29) is 36.6 Å². The van der Waals surface area contributed by atoms with E-state index in [0.717, 1.165) is 5.75 Å². The number of carbonyl (C=O) groups excluding carboxylic acids is 1. The van der Waals surface area contributed by atoms with Crippen LogP contribution in [-0.2, 0) is 9.53 Å². The molecule has 0 saturated carbocycles. The lowest BCUT2D eigenvalue weighted by Gasteiger charge is -2.28. The number of rotatable bonds is 7. The van der Waals surface area contributed by atoms with Gasteiger partial charge in [0.25, 0.3) is 0 Å². The summed E-state index contributed by atoms with van der Waals surface area (Å²) in [4.78, 5) is 12.0. The number of esters is 1. The van der Waals surface area contributed by atoms with Crippen molar-refractivity contribution in [2.75, 3.05) is 32.3 Å². The van der Waals surface area contributed by atoms with Gasteiger partial charge in [-0.25, -0.2) is 0 Å². The Morgan fingerprint density at radius 2 is 2.06 bits per heavy atom. The van der Waals surface area contributed by atoms with Crippen LogP contribution in [0.5, 0.6) is 0 Å². The van der Waals surface area contributed by atoms with Crippen LogP contribution in [0.4, 0.5) is 0 Å². The number of nitrogens with one attached hydrogen (secondary N) is 1. The molecule has 0 aliphatic heterocycles. The number of aliphatic hydroxyl groups is 1. The van der Waals surface area contributed by atoms with E-state index in [1.807, 2.05) is 27.0 Å². The van der Waals surface area contributed by atoms with Crippen molar-refractivity contribution in [3.05, 3.63) is 0 Å². The van der Waals surface area contributed by atoms with Crippen molar-refractivity contribution in [2.24, 2.45) is 11.3 Å². The SMILES string of the molecule is CNC(CO)COC(=O)C(CSC)C(C)(C)C. The highest BCUT2D eigenvalue weighted by atomic mass is 32.2. The van der Waals surface area contributed by atoms with E-state index in [1.165, 1.54) is 0 Å². The minimum absolute atomic E-state index is 0.0352. The second-order valence-corrected chi connectivity index (χ2v) is 6.08. The van der Waals surface area contributed by atoms with E-state index in [4.69, 9.17) is 9.84 Å². The molecule has 4 nitrogen and oxygen atoms in total. The van der Waals surface area contributed by atoms with E-state index >= 15 is 0 Å². The maximum absolute atomic E-state index is 12.0. The summed E-state index contributed by atoms with van der Waals surface area (Å²) in [6, 6.07) is -0.186. The van der Waals surface area contributed by atoms with Crippen LogP contribution in [0.2, 0.25) is 0 Å². The quantitative estimate of drug-likeness (QED) is 0.675. The van der Waals surface area contributed by atoms with Crippen molar-refractivity contribution in [2.45, 2.75) is 26.8 Å². The van der Waals surface area contributed by atoms with Crippen LogP contribution in [0.15, 0.2) is 0 Å². The van der Waals surface area contributed by atoms with Crippen molar-refractivity contribution in [3.63, 3.8) is 0 Å². The van der Waals surface area contributed by atoms with Crippen LogP contribution in [0.3, 0.4) is 0 Å². The summed E-state index contributed by atoms with van der Waals surface area (Å²) in [5.41, 5.74) is -0.103. The van der Waals surface area contributed by atoms with Gasteiger partial charge in [-0.15, -0.1) is 0 Å². The molecule has 0 aliphatic rings. The number of hydrogen-bond donors (Lipinski definition) is 2. The first-order valence-corrected chi connectivity index (χ1v) is 7.19. The highest BCUT2D eigenvalue weighted by Crippen LogP contribution is 2.29. The molecule has 0 fully saturated rings. The monoisotopic (exact) mass is 263 g/mol. The summed E-state index contributed by atoms with van der Waals surface area (Å²) in [6.07, 6.45) is 1.98. The largest absolute Gasteiger partial charge is 0.464 e. The number of likely N-dealkylation sites (N-methyl/N-ethyl adjacent to an activating group) is 1. The molecule has 0 spiro atoms. The Bertz CT molecular complexity index is 224. The molecule has 0 aromatic carbocycles. The molecule has 0 aromatic rings. The van der Waals surface area contributed by atoms with Gasteiger partial charge in [-0.05, 0) is 18.7 Å². The van der Waals surface area contributed by atoms with Crippen LogP contribution < -0.4 is 5.32 Å². The third-order valence-corrected chi connectivity index (χ3v) is 3.39. The molecule has 0 amide bonds. The van der Waals surface area contributed by atoms with Gasteiger partial charge in [0.15, 0.2) is 0 Å². The molecule has 17 heavy (non-hydrogen) atoms. The van der Waals surface area contributed by atoms with E-state index < -0.39 is 0 Å². The second kappa shape index (κ2) is 7.95. The minimum Gasteiger partial charge on any atom is -0.464 e. The topological polar surface area (TPSA) is 58.6 Å². The molecule has 5 heteroatoms. The summed E-state index contributed by atoms with van der Waals surface area (Å²) < 4.78 is 5.25. The third-order valence-electron chi connectivity index (χ3n) is 2.72. The Morgan fingerprint density at radius 1 is 1.47 bits per heavy atom. The molecule has 0 saturated heterocycles. The molecule has 2 atom stereocenters. The normalized spacial score (nSPS) is 15.4. The predicted molar refractivity (Wildman–Crippen MR) is 72.2 cm³/mol. The number of thioether (sulfide) groups is 1. The van der Waals surface area contributed by atoms with Crippen molar-refractivity contribution in [3.8, 4) is 0 Å². The number of aliphatic hydroxyl groups excluding tert-OH is 1. The molecule has 0 rings (SSSR count). The zero-order valence-electron chi connectivity index (χ0n) is 11.4.